The largest absolute Gasteiger partial charge is 0.332 e. The van der Waals surface area contributed by atoms with Crippen molar-refractivity contribution in [2.45, 2.75) is 6.92 Å². The van der Waals surface area contributed by atoms with Crippen LogP contribution in [0.2, 0.25) is 5.15 Å². The first-order valence-electron chi connectivity index (χ1n) is 5.13. The first-order chi connectivity index (χ1) is 8.08. The topological polar surface area (TPSA) is 66.4 Å². The minimum Gasteiger partial charge on any atom is -0.332 e. The Kier molecular flexibility index (Phi) is 3.23. The zero-order valence-corrected chi connectivity index (χ0v) is 10.0. The molecular formula is C10H11ClN4O2. The smallest absolute Gasteiger partial charge is 0.247 e. The molecule has 0 aromatic carbocycles. The van der Waals surface area contributed by atoms with E-state index >= 15 is 0 Å². The molecule has 0 radical (unpaired) electrons. The monoisotopic (exact) mass is 254 g/mol. The quantitative estimate of drug-likeness (QED) is 0.724. The minimum absolute atomic E-state index is 0.0830. The van der Waals surface area contributed by atoms with Crippen molar-refractivity contribution in [2.24, 2.45) is 0 Å². The molecule has 0 aliphatic carbocycles. The standard InChI is InChI=1S/C10H11ClN4O2/c1-7(16)14-4-5-15(10(17)6-14)9-3-2-8(11)12-13-9/h2-3H,4-6H2,1H3. The SMILES string of the molecule is CC(=O)N1CCN(c2ccc(Cl)nn2)C(=O)C1. The van der Waals surface area contributed by atoms with Gasteiger partial charge in [-0.2, -0.15) is 0 Å². The molecule has 2 rings (SSSR count). The van der Waals surface area contributed by atoms with Crippen LogP contribution >= 0.6 is 11.6 Å². The maximum atomic E-state index is 11.8. The number of carbonyl (C=O) groups is 2. The molecule has 90 valence electrons. The summed E-state index contributed by atoms with van der Waals surface area (Å²) in [7, 11) is 0. The van der Waals surface area contributed by atoms with Crippen LogP contribution in [0.15, 0.2) is 12.1 Å². The number of anilines is 1. The van der Waals surface area contributed by atoms with E-state index in [1.165, 1.54) is 16.7 Å². The summed E-state index contributed by atoms with van der Waals surface area (Å²) in [6, 6.07) is 3.21. The molecule has 1 aliphatic heterocycles. The third kappa shape index (κ3) is 2.52. The van der Waals surface area contributed by atoms with E-state index in [2.05, 4.69) is 10.2 Å². The van der Waals surface area contributed by atoms with Crippen LogP contribution in [0.4, 0.5) is 5.82 Å². The van der Waals surface area contributed by atoms with E-state index in [-0.39, 0.29) is 23.5 Å². The number of hydrogen-bond acceptors (Lipinski definition) is 4. The van der Waals surface area contributed by atoms with Gasteiger partial charge >= 0.3 is 0 Å². The molecule has 0 N–H and O–H groups in total. The molecule has 1 aromatic heterocycles. The first-order valence-corrected chi connectivity index (χ1v) is 5.51. The maximum absolute atomic E-state index is 11.8. The van der Waals surface area contributed by atoms with Crippen molar-refractivity contribution in [1.82, 2.24) is 15.1 Å². The van der Waals surface area contributed by atoms with Crippen LogP contribution in [0.1, 0.15) is 6.92 Å². The van der Waals surface area contributed by atoms with E-state index in [0.29, 0.717) is 18.9 Å². The molecule has 17 heavy (non-hydrogen) atoms. The first kappa shape index (κ1) is 11.8. The zero-order valence-electron chi connectivity index (χ0n) is 9.26. The highest BCUT2D eigenvalue weighted by Gasteiger charge is 2.27. The van der Waals surface area contributed by atoms with Gasteiger partial charge in [0.25, 0.3) is 0 Å². The lowest BCUT2D eigenvalue weighted by molar-refractivity contribution is -0.135. The number of halogens is 1. The molecule has 0 bridgehead atoms. The molecule has 0 spiro atoms. The van der Waals surface area contributed by atoms with Gasteiger partial charge in [0, 0.05) is 20.0 Å². The van der Waals surface area contributed by atoms with Crippen molar-refractivity contribution in [3.05, 3.63) is 17.3 Å². The van der Waals surface area contributed by atoms with E-state index in [9.17, 15) is 9.59 Å². The highest BCUT2D eigenvalue weighted by Crippen LogP contribution is 2.15. The fraction of sp³-hybridized carbons (Fsp3) is 0.400. The molecule has 0 atom stereocenters. The van der Waals surface area contributed by atoms with Gasteiger partial charge in [-0.25, -0.2) is 0 Å². The van der Waals surface area contributed by atoms with Crippen molar-refractivity contribution in [3.8, 4) is 0 Å². The highest BCUT2D eigenvalue weighted by atomic mass is 35.5. The van der Waals surface area contributed by atoms with Crippen LogP contribution in [0.5, 0.6) is 0 Å². The van der Waals surface area contributed by atoms with Crippen LogP contribution < -0.4 is 4.90 Å². The Morgan fingerprint density at radius 1 is 1.35 bits per heavy atom. The third-order valence-corrected chi connectivity index (χ3v) is 2.76. The molecule has 0 saturated carbocycles. The number of aromatic nitrogens is 2. The normalized spacial score (nSPS) is 16.2. The molecule has 7 heteroatoms. The predicted octanol–water partition coefficient (Wildman–Crippen LogP) is 0.325. The Morgan fingerprint density at radius 3 is 2.65 bits per heavy atom. The van der Waals surface area contributed by atoms with Crippen LogP contribution in [-0.2, 0) is 9.59 Å². The average molecular weight is 255 g/mol. The van der Waals surface area contributed by atoms with E-state index in [4.69, 9.17) is 11.6 Å². The Bertz CT molecular complexity index is 448. The lowest BCUT2D eigenvalue weighted by Gasteiger charge is -2.32. The molecule has 1 aliphatic rings. The van der Waals surface area contributed by atoms with Gasteiger partial charge < -0.3 is 4.90 Å². The molecular weight excluding hydrogens is 244 g/mol. The molecule has 1 aromatic rings. The summed E-state index contributed by atoms with van der Waals surface area (Å²) in [5.74, 6) is 0.200. The van der Waals surface area contributed by atoms with E-state index < -0.39 is 0 Å². The van der Waals surface area contributed by atoms with E-state index in [1.807, 2.05) is 0 Å². The van der Waals surface area contributed by atoms with Crippen molar-refractivity contribution in [2.75, 3.05) is 24.5 Å². The van der Waals surface area contributed by atoms with Gasteiger partial charge in [0.05, 0.1) is 0 Å². The second kappa shape index (κ2) is 4.67. The lowest BCUT2D eigenvalue weighted by atomic mass is 10.3. The lowest BCUT2D eigenvalue weighted by Crippen LogP contribution is -2.52. The fourth-order valence-corrected chi connectivity index (χ4v) is 1.74. The average Bonchev–Trinajstić information content (AvgIpc) is 2.30. The molecule has 1 saturated heterocycles. The number of carbonyl (C=O) groups excluding carboxylic acids is 2. The van der Waals surface area contributed by atoms with Crippen molar-refractivity contribution in [1.29, 1.82) is 0 Å². The summed E-state index contributed by atoms with van der Waals surface area (Å²) < 4.78 is 0. The number of hydrogen-bond donors (Lipinski definition) is 0. The predicted molar refractivity (Wildman–Crippen MR) is 61.6 cm³/mol. The summed E-state index contributed by atoms with van der Waals surface area (Å²) in [6.45, 7) is 2.46. The van der Waals surface area contributed by atoms with Gasteiger partial charge in [-0.3, -0.25) is 14.5 Å². The van der Waals surface area contributed by atoms with E-state index in [0.717, 1.165) is 0 Å². The fourth-order valence-electron chi connectivity index (χ4n) is 1.64. The summed E-state index contributed by atoms with van der Waals surface area (Å²) in [4.78, 5) is 26.0. The summed E-state index contributed by atoms with van der Waals surface area (Å²) >= 11 is 5.62. The Hall–Kier alpha value is -1.69. The Labute approximate surface area is 103 Å². The highest BCUT2D eigenvalue weighted by molar-refractivity contribution is 6.29. The summed E-state index contributed by atoms with van der Waals surface area (Å²) in [5, 5.41) is 7.81. The van der Waals surface area contributed by atoms with Crippen molar-refractivity contribution < 1.29 is 9.59 Å². The Balaban J connectivity index is 2.12. The van der Waals surface area contributed by atoms with Gasteiger partial charge in [-0.1, -0.05) is 11.6 Å². The summed E-state index contributed by atoms with van der Waals surface area (Å²) in [5.41, 5.74) is 0. The Morgan fingerprint density at radius 2 is 2.12 bits per heavy atom. The number of rotatable bonds is 1. The second-order valence-corrected chi connectivity index (χ2v) is 4.09. The van der Waals surface area contributed by atoms with Crippen molar-refractivity contribution in [3.63, 3.8) is 0 Å². The van der Waals surface area contributed by atoms with Crippen LogP contribution in [0.25, 0.3) is 0 Å². The number of amides is 2. The van der Waals surface area contributed by atoms with Crippen LogP contribution in [-0.4, -0.2) is 46.5 Å². The third-order valence-electron chi connectivity index (χ3n) is 2.56. The van der Waals surface area contributed by atoms with Crippen LogP contribution in [0.3, 0.4) is 0 Å². The molecule has 6 nitrogen and oxygen atoms in total. The minimum atomic E-state index is -0.164. The van der Waals surface area contributed by atoms with Gasteiger partial charge in [-0.05, 0) is 12.1 Å². The second-order valence-electron chi connectivity index (χ2n) is 3.70. The van der Waals surface area contributed by atoms with Crippen molar-refractivity contribution >= 4 is 29.2 Å². The maximum Gasteiger partial charge on any atom is 0.247 e. The number of piperazine rings is 1. The summed E-state index contributed by atoms with van der Waals surface area (Å²) in [6.07, 6.45) is 0. The molecule has 1 fully saturated rings. The molecule has 2 amide bonds. The zero-order chi connectivity index (χ0) is 12.4. The van der Waals surface area contributed by atoms with Gasteiger partial charge in [-0.15, -0.1) is 10.2 Å². The van der Waals surface area contributed by atoms with E-state index in [1.54, 1.807) is 12.1 Å². The van der Waals surface area contributed by atoms with Gasteiger partial charge in [0.2, 0.25) is 11.8 Å². The van der Waals surface area contributed by atoms with Gasteiger partial charge in [0.15, 0.2) is 11.0 Å². The molecule has 2 heterocycles. The van der Waals surface area contributed by atoms with Gasteiger partial charge in [0.1, 0.15) is 6.54 Å². The van der Waals surface area contributed by atoms with Crippen LogP contribution in [0, 0.1) is 0 Å². The molecule has 0 unspecified atom stereocenters. The number of nitrogens with zero attached hydrogens (tertiary/aromatic N) is 4.